The number of benzene rings is 1. The standard InChI is InChI=1S/C18H8Cl2F3N7O3/c19-10-3-8(30-17(32)27-15(31)12(5-24)28-30)4-11(20)13(10)33-16-9-1-2-29(6-18(21,22)23)14(9)25-7-26-16/h1-4,7H,6H2,(H,27,31,32). The lowest BCUT2D eigenvalue weighted by Crippen LogP contribution is -2.33. The van der Waals surface area contributed by atoms with Crippen LogP contribution in [0.5, 0.6) is 11.6 Å². The highest BCUT2D eigenvalue weighted by atomic mass is 35.5. The van der Waals surface area contributed by atoms with Crippen LogP contribution in [0.3, 0.4) is 0 Å². The minimum absolute atomic E-state index is 0.0132. The molecular weight excluding hydrogens is 490 g/mol. The first-order chi connectivity index (χ1) is 15.6. The molecule has 0 aliphatic carbocycles. The Morgan fingerprint density at radius 1 is 1.18 bits per heavy atom. The number of hydrogen-bond acceptors (Lipinski definition) is 7. The van der Waals surface area contributed by atoms with Gasteiger partial charge in [-0.25, -0.2) is 14.8 Å². The maximum absolute atomic E-state index is 12.8. The highest BCUT2D eigenvalue weighted by Crippen LogP contribution is 2.39. The van der Waals surface area contributed by atoms with Crippen LogP contribution in [0.4, 0.5) is 13.2 Å². The summed E-state index contributed by atoms with van der Waals surface area (Å²) in [7, 11) is 0. The summed E-state index contributed by atoms with van der Waals surface area (Å²) in [5, 5.41) is 12.6. The molecule has 0 spiro atoms. The molecule has 0 radical (unpaired) electrons. The number of alkyl halides is 3. The fraction of sp³-hybridized carbons (Fsp3) is 0.111. The van der Waals surface area contributed by atoms with E-state index >= 15 is 0 Å². The molecule has 0 aliphatic heterocycles. The molecule has 168 valence electrons. The van der Waals surface area contributed by atoms with E-state index in [1.54, 1.807) is 6.07 Å². The number of halogens is 5. The number of nitrogens with zero attached hydrogens (tertiary/aromatic N) is 6. The van der Waals surface area contributed by atoms with Crippen LogP contribution in [-0.2, 0) is 6.54 Å². The second-order valence-corrected chi connectivity index (χ2v) is 7.26. The van der Waals surface area contributed by atoms with Crippen LogP contribution in [0.15, 0.2) is 40.3 Å². The molecular formula is C18H8Cl2F3N7O3. The molecule has 0 fully saturated rings. The highest BCUT2D eigenvalue weighted by Gasteiger charge is 2.29. The van der Waals surface area contributed by atoms with E-state index in [2.05, 4.69) is 15.1 Å². The molecule has 0 amide bonds. The summed E-state index contributed by atoms with van der Waals surface area (Å²) in [6.07, 6.45) is -2.25. The van der Waals surface area contributed by atoms with Crippen molar-refractivity contribution in [3.05, 3.63) is 67.3 Å². The smallest absolute Gasteiger partial charge is 0.406 e. The van der Waals surface area contributed by atoms with Gasteiger partial charge in [0, 0.05) is 6.20 Å². The van der Waals surface area contributed by atoms with Gasteiger partial charge >= 0.3 is 11.9 Å². The van der Waals surface area contributed by atoms with Crippen LogP contribution in [0.25, 0.3) is 16.7 Å². The molecule has 0 unspecified atom stereocenters. The molecule has 1 aromatic carbocycles. The topological polar surface area (TPSA) is 131 Å². The van der Waals surface area contributed by atoms with Gasteiger partial charge in [-0.15, -0.1) is 5.10 Å². The largest absolute Gasteiger partial charge is 0.435 e. The van der Waals surface area contributed by atoms with Crippen molar-refractivity contribution in [2.45, 2.75) is 12.7 Å². The summed E-state index contributed by atoms with van der Waals surface area (Å²) < 4.78 is 45.6. The molecule has 3 heterocycles. The Morgan fingerprint density at radius 2 is 1.88 bits per heavy atom. The Labute approximate surface area is 190 Å². The Bertz CT molecular complexity index is 1530. The quantitative estimate of drug-likeness (QED) is 0.457. The monoisotopic (exact) mass is 497 g/mol. The summed E-state index contributed by atoms with van der Waals surface area (Å²) >= 11 is 12.5. The number of aromatic nitrogens is 6. The maximum atomic E-state index is 12.8. The predicted molar refractivity (Wildman–Crippen MR) is 109 cm³/mol. The molecule has 3 aromatic heterocycles. The lowest BCUT2D eigenvalue weighted by atomic mass is 10.3. The van der Waals surface area contributed by atoms with Crippen LogP contribution < -0.4 is 16.0 Å². The van der Waals surface area contributed by atoms with Crippen LogP contribution in [-0.4, -0.2) is 35.5 Å². The summed E-state index contributed by atoms with van der Waals surface area (Å²) in [4.78, 5) is 33.3. The third kappa shape index (κ3) is 4.38. The summed E-state index contributed by atoms with van der Waals surface area (Å²) in [6.45, 7) is -1.26. The van der Waals surface area contributed by atoms with Crippen molar-refractivity contribution < 1.29 is 17.9 Å². The fourth-order valence-electron chi connectivity index (χ4n) is 2.89. The van der Waals surface area contributed by atoms with E-state index in [1.165, 1.54) is 24.4 Å². The SMILES string of the molecule is N#Cc1nn(-c2cc(Cl)c(Oc3ncnc4c3ccn4CC(F)(F)F)c(Cl)c2)c(=O)[nH]c1=O. The minimum Gasteiger partial charge on any atom is -0.435 e. The third-order valence-electron chi connectivity index (χ3n) is 4.23. The molecule has 4 aromatic rings. The van der Waals surface area contributed by atoms with Crippen molar-refractivity contribution in [1.82, 2.24) is 29.3 Å². The van der Waals surface area contributed by atoms with E-state index in [4.69, 9.17) is 33.2 Å². The molecule has 0 saturated carbocycles. The zero-order valence-corrected chi connectivity index (χ0v) is 17.4. The molecule has 0 aliphatic rings. The first kappa shape index (κ1) is 22.3. The van der Waals surface area contributed by atoms with Gasteiger partial charge in [-0.3, -0.25) is 9.78 Å². The number of aromatic amines is 1. The zero-order chi connectivity index (χ0) is 23.9. The van der Waals surface area contributed by atoms with Gasteiger partial charge < -0.3 is 9.30 Å². The van der Waals surface area contributed by atoms with E-state index in [0.717, 1.165) is 10.9 Å². The van der Waals surface area contributed by atoms with Gasteiger partial charge in [0.2, 0.25) is 11.6 Å². The van der Waals surface area contributed by atoms with Crippen molar-refractivity contribution in [2.24, 2.45) is 0 Å². The number of ether oxygens (including phenoxy) is 1. The van der Waals surface area contributed by atoms with Crippen molar-refractivity contribution in [2.75, 3.05) is 0 Å². The summed E-state index contributed by atoms with van der Waals surface area (Å²) in [5.74, 6) is -0.216. The Morgan fingerprint density at radius 3 is 2.52 bits per heavy atom. The molecule has 4 rings (SSSR count). The van der Waals surface area contributed by atoms with E-state index in [1.807, 2.05) is 4.98 Å². The van der Waals surface area contributed by atoms with Gasteiger partial charge in [0.25, 0.3) is 5.56 Å². The van der Waals surface area contributed by atoms with Crippen LogP contribution in [0, 0.1) is 11.3 Å². The van der Waals surface area contributed by atoms with Crippen molar-refractivity contribution in [3.8, 4) is 23.4 Å². The second kappa shape index (κ2) is 8.23. The number of nitriles is 1. The molecule has 10 nitrogen and oxygen atoms in total. The van der Waals surface area contributed by atoms with Gasteiger partial charge in [-0.1, -0.05) is 23.2 Å². The van der Waals surface area contributed by atoms with Crippen LogP contribution >= 0.6 is 23.2 Å². The van der Waals surface area contributed by atoms with Gasteiger partial charge in [0.05, 0.1) is 21.1 Å². The molecule has 1 N–H and O–H groups in total. The lowest BCUT2D eigenvalue weighted by Gasteiger charge is -2.12. The summed E-state index contributed by atoms with van der Waals surface area (Å²) in [5.41, 5.74) is -2.47. The third-order valence-corrected chi connectivity index (χ3v) is 4.79. The van der Waals surface area contributed by atoms with E-state index in [0.29, 0.717) is 4.68 Å². The molecule has 0 bridgehead atoms. The van der Waals surface area contributed by atoms with Crippen LogP contribution in [0.1, 0.15) is 5.69 Å². The molecule has 0 saturated heterocycles. The minimum atomic E-state index is -4.46. The van der Waals surface area contributed by atoms with E-state index in [-0.39, 0.29) is 38.4 Å². The summed E-state index contributed by atoms with van der Waals surface area (Å²) in [6, 6.07) is 5.35. The first-order valence-corrected chi connectivity index (χ1v) is 9.50. The van der Waals surface area contributed by atoms with Crippen LogP contribution in [0.2, 0.25) is 10.0 Å². The lowest BCUT2D eigenvalue weighted by molar-refractivity contribution is -0.139. The predicted octanol–water partition coefficient (Wildman–Crippen LogP) is 3.20. The number of fused-ring (bicyclic) bond motifs is 1. The normalized spacial score (nSPS) is 11.5. The Balaban J connectivity index is 1.74. The molecule has 33 heavy (non-hydrogen) atoms. The van der Waals surface area contributed by atoms with Gasteiger partial charge in [-0.05, 0) is 18.2 Å². The number of rotatable bonds is 4. The van der Waals surface area contributed by atoms with Crippen molar-refractivity contribution in [1.29, 1.82) is 5.26 Å². The molecule has 0 atom stereocenters. The molecule has 15 heteroatoms. The van der Waals surface area contributed by atoms with E-state index < -0.39 is 29.7 Å². The Kier molecular flexibility index (Phi) is 5.56. The number of nitrogens with one attached hydrogen (secondary N) is 1. The number of H-pyrrole nitrogens is 1. The van der Waals surface area contributed by atoms with Crippen molar-refractivity contribution in [3.63, 3.8) is 0 Å². The second-order valence-electron chi connectivity index (χ2n) is 6.45. The fourth-order valence-corrected chi connectivity index (χ4v) is 3.45. The first-order valence-electron chi connectivity index (χ1n) is 8.75. The van der Waals surface area contributed by atoms with Gasteiger partial charge in [-0.2, -0.15) is 23.1 Å². The highest BCUT2D eigenvalue weighted by molar-refractivity contribution is 6.37. The zero-order valence-electron chi connectivity index (χ0n) is 15.9. The maximum Gasteiger partial charge on any atom is 0.406 e. The van der Waals surface area contributed by atoms with Gasteiger partial charge in [0.1, 0.15) is 24.6 Å². The van der Waals surface area contributed by atoms with Crippen molar-refractivity contribution >= 4 is 34.2 Å². The number of hydrogen-bond donors (Lipinski definition) is 1. The average molecular weight is 498 g/mol. The van der Waals surface area contributed by atoms with E-state index in [9.17, 15) is 22.8 Å². The van der Waals surface area contributed by atoms with Gasteiger partial charge in [0.15, 0.2) is 5.75 Å². The Hall–Kier alpha value is -3.89. The average Bonchev–Trinajstić information content (AvgIpc) is 3.12.